The molecule has 12 heavy (non-hydrogen) atoms. The number of rotatable bonds is 0. The van der Waals surface area contributed by atoms with Gasteiger partial charge in [-0.1, -0.05) is 53.4 Å². The van der Waals surface area contributed by atoms with E-state index in [0.717, 1.165) is 23.7 Å². The Hall–Kier alpha value is 0. The van der Waals surface area contributed by atoms with Gasteiger partial charge in [-0.25, -0.2) is 0 Å². The monoisotopic (exact) mass is 168 g/mol. The van der Waals surface area contributed by atoms with E-state index >= 15 is 0 Å². The Balaban J connectivity index is 0.000000120. The van der Waals surface area contributed by atoms with Crippen molar-refractivity contribution in [3.63, 3.8) is 0 Å². The van der Waals surface area contributed by atoms with Crippen molar-refractivity contribution in [2.24, 2.45) is 23.7 Å². The van der Waals surface area contributed by atoms with E-state index in [1.165, 1.54) is 25.7 Å². The smallest absolute Gasteiger partial charge is 0.0417 e. The molecule has 0 saturated heterocycles. The zero-order valence-corrected chi connectivity index (χ0v) is 9.14. The van der Waals surface area contributed by atoms with Crippen molar-refractivity contribution < 1.29 is 0 Å². The maximum Gasteiger partial charge on any atom is -0.0417 e. The second kappa shape index (κ2) is 4.30. The summed E-state index contributed by atoms with van der Waals surface area (Å²) in [5.41, 5.74) is 0. The van der Waals surface area contributed by atoms with Crippen LogP contribution < -0.4 is 0 Å². The van der Waals surface area contributed by atoms with Gasteiger partial charge in [-0.2, -0.15) is 0 Å². The average Bonchev–Trinajstić information content (AvgIpc) is 2.12. The lowest BCUT2D eigenvalue weighted by Gasteiger charge is -2.29. The Labute approximate surface area is 77.7 Å². The van der Waals surface area contributed by atoms with Crippen LogP contribution in [0.15, 0.2) is 0 Å². The molecule has 0 N–H and O–H groups in total. The first-order chi connectivity index (χ1) is 5.61. The first kappa shape index (κ1) is 10.1. The Morgan fingerprint density at radius 2 is 0.667 bits per heavy atom. The minimum atomic E-state index is 1.03. The molecule has 0 aromatic rings. The molecule has 4 atom stereocenters. The van der Waals surface area contributed by atoms with Crippen LogP contribution in [0.5, 0.6) is 0 Å². The predicted octanol–water partition coefficient (Wildman–Crippen LogP) is 4.10. The zero-order valence-electron chi connectivity index (χ0n) is 9.14. The third-order valence-corrected chi connectivity index (χ3v) is 4.10. The highest BCUT2D eigenvalue weighted by Crippen LogP contribution is 2.32. The van der Waals surface area contributed by atoms with Crippen molar-refractivity contribution in [3.05, 3.63) is 0 Å². The van der Waals surface area contributed by atoms with Gasteiger partial charge in [0.05, 0.1) is 0 Å². The molecule has 0 aromatic heterocycles. The molecule has 0 spiro atoms. The normalized spacial score (nSPS) is 45.0. The first-order valence-corrected chi connectivity index (χ1v) is 5.61. The molecule has 2 aliphatic carbocycles. The van der Waals surface area contributed by atoms with E-state index in [-0.39, 0.29) is 0 Å². The highest BCUT2D eigenvalue weighted by atomic mass is 14.3. The van der Waals surface area contributed by atoms with Crippen molar-refractivity contribution in [1.29, 1.82) is 0 Å². The molecule has 0 bridgehead atoms. The van der Waals surface area contributed by atoms with Crippen molar-refractivity contribution >= 4 is 0 Å². The van der Waals surface area contributed by atoms with Crippen molar-refractivity contribution in [2.75, 3.05) is 0 Å². The summed E-state index contributed by atoms with van der Waals surface area (Å²) in [5, 5.41) is 0. The highest BCUT2D eigenvalue weighted by Gasteiger charge is 2.21. The van der Waals surface area contributed by atoms with Gasteiger partial charge in [-0.15, -0.1) is 0 Å². The van der Waals surface area contributed by atoms with Crippen LogP contribution in [0.25, 0.3) is 0 Å². The van der Waals surface area contributed by atoms with Crippen LogP contribution in [-0.4, -0.2) is 0 Å². The summed E-state index contributed by atoms with van der Waals surface area (Å²) in [7, 11) is 0. The molecule has 0 amide bonds. The lowest BCUT2D eigenvalue weighted by atomic mass is 9.77. The van der Waals surface area contributed by atoms with Crippen molar-refractivity contribution in [3.8, 4) is 0 Å². The first-order valence-electron chi connectivity index (χ1n) is 5.61. The maximum atomic E-state index is 2.33. The van der Waals surface area contributed by atoms with Crippen molar-refractivity contribution in [1.82, 2.24) is 0 Å². The van der Waals surface area contributed by atoms with E-state index in [1.54, 1.807) is 0 Å². The molecule has 0 heteroatoms. The van der Waals surface area contributed by atoms with Crippen molar-refractivity contribution in [2.45, 2.75) is 53.4 Å². The molecule has 0 aliphatic heterocycles. The predicted molar refractivity (Wildman–Crippen MR) is 55.1 cm³/mol. The topological polar surface area (TPSA) is 0 Å². The Kier molecular flexibility index (Phi) is 3.61. The molecule has 72 valence electrons. The van der Waals surface area contributed by atoms with Gasteiger partial charge in [0.2, 0.25) is 0 Å². The SMILES string of the molecule is CC1CCC1C.CC1CCC1C. The Bertz CT molecular complexity index is 96.0. The van der Waals surface area contributed by atoms with E-state index in [9.17, 15) is 0 Å². The fourth-order valence-electron chi connectivity index (χ4n) is 1.67. The van der Waals surface area contributed by atoms with Gasteiger partial charge in [-0.05, 0) is 23.7 Å². The number of hydrogen-bond acceptors (Lipinski definition) is 0. The largest absolute Gasteiger partial charge is 0.0623 e. The van der Waals surface area contributed by atoms with E-state index in [2.05, 4.69) is 27.7 Å². The van der Waals surface area contributed by atoms with E-state index in [4.69, 9.17) is 0 Å². The number of hydrogen-bond donors (Lipinski definition) is 0. The van der Waals surface area contributed by atoms with Crippen LogP contribution in [0.2, 0.25) is 0 Å². The molecule has 0 aromatic carbocycles. The fraction of sp³-hybridized carbons (Fsp3) is 1.00. The summed E-state index contributed by atoms with van der Waals surface area (Å²) >= 11 is 0. The minimum Gasteiger partial charge on any atom is -0.0623 e. The fourth-order valence-corrected chi connectivity index (χ4v) is 1.67. The van der Waals surface area contributed by atoms with Gasteiger partial charge < -0.3 is 0 Å². The average molecular weight is 168 g/mol. The van der Waals surface area contributed by atoms with Crippen LogP contribution in [0, 0.1) is 23.7 Å². The van der Waals surface area contributed by atoms with Gasteiger partial charge in [0.1, 0.15) is 0 Å². The molecule has 2 aliphatic rings. The quantitative estimate of drug-likeness (QED) is 0.511. The third-order valence-electron chi connectivity index (χ3n) is 4.10. The second-order valence-electron chi connectivity index (χ2n) is 5.06. The van der Waals surface area contributed by atoms with E-state index in [1.807, 2.05) is 0 Å². The van der Waals surface area contributed by atoms with Gasteiger partial charge in [0.25, 0.3) is 0 Å². The molecule has 2 rings (SSSR count). The van der Waals surface area contributed by atoms with Crippen LogP contribution in [0.3, 0.4) is 0 Å². The highest BCUT2D eigenvalue weighted by molar-refractivity contribution is 4.72. The Morgan fingerprint density at radius 1 is 0.500 bits per heavy atom. The van der Waals surface area contributed by atoms with Gasteiger partial charge in [0.15, 0.2) is 0 Å². The van der Waals surface area contributed by atoms with E-state index in [0.29, 0.717) is 0 Å². The van der Waals surface area contributed by atoms with Crippen LogP contribution >= 0.6 is 0 Å². The zero-order chi connectivity index (χ0) is 9.14. The summed E-state index contributed by atoms with van der Waals surface area (Å²) in [4.78, 5) is 0. The second-order valence-corrected chi connectivity index (χ2v) is 5.06. The Morgan fingerprint density at radius 3 is 0.667 bits per heavy atom. The molecule has 2 saturated carbocycles. The van der Waals surface area contributed by atoms with Gasteiger partial charge >= 0.3 is 0 Å². The molecule has 4 unspecified atom stereocenters. The molecule has 0 radical (unpaired) electrons. The van der Waals surface area contributed by atoms with Gasteiger partial charge in [-0.3, -0.25) is 0 Å². The standard InChI is InChI=1S/2C6H12/c2*1-5-3-4-6(5)2/h2*5-6H,3-4H2,1-2H3. The molecule has 2 fully saturated rings. The molecule has 0 heterocycles. The van der Waals surface area contributed by atoms with Crippen LogP contribution in [0.1, 0.15) is 53.4 Å². The van der Waals surface area contributed by atoms with Crippen LogP contribution in [-0.2, 0) is 0 Å². The summed E-state index contributed by atoms with van der Waals surface area (Å²) < 4.78 is 0. The maximum absolute atomic E-state index is 2.33. The summed E-state index contributed by atoms with van der Waals surface area (Å²) in [6.45, 7) is 9.31. The van der Waals surface area contributed by atoms with E-state index < -0.39 is 0 Å². The molecular formula is C12H24. The molecular weight excluding hydrogens is 144 g/mol. The van der Waals surface area contributed by atoms with Gasteiger partial charge in [0, 0.05) is 0 Å². The minimum absolute atomic E-state index is 1.03. The summed E-state index contributed by atoms with van der Waals surface area (Å²) in [5.74, 6) is 4.13. The summed E-state index contributed by atoms with van der Waals surface area (Å²) in [6, 6.07) is 0. The lowest BCUT2D eigenvalue weighted by Crippen LogP contribution is -2.18. The van der Waals surface area contributed by atoms with Crippen LogP contribution in [0.4, 0.5) is 0 Å². The summed E-state index contributed by atoms with van der Waals surface area (Å²) in [6.07, 6.45) is 5.89. The molecule has 0 nitrogen and oxygen atoms in total. The lowest BCUT2D eigenvalue weighted by molar-refractivity contribution is 0.219. The third kappa shape index (κ3) is 2.50.